The van der Waals surface area contributed by atoms with Gasteiger partial charge < -0.3 is 14.8 Å². The van der Waals surface area contributed by atoms with Crippen LogP contribution in [0.1, 0.15) is 25.8 Å². The van der Waals surface area contributed by atoms with Gasteiger partial charge in [0.05, 0.1) is 19.8 Å². The van der Waals surface area contributed by atoms with Gasteiger partial charge in [-0.05, 0) is 31.0 Å². The summed E-state index contributed by atoms with van der Waals surface area (Å²) in [7, 11) is 0. The number of carbonyl (C=O) groups excluding carboxylic acids is 1. The van der Waals surface area contributed by atoms with E-state index in [0.29, 0.717) is 13.2 Å². The second-order valence-electron chi connectivity index (χ2n) is 3.90. The molecule has 0 amide bonds. The zero-order chi connectivity index (χ0) is 13.2. The number of carbonyl (C=O) groups is 1. The standard InChI is InChI=1S/C14H21NO3/c1-3-9-18-13-7-5-12(6-8-13)10-15-11-14(16)17-4-2/h5-8,15H,3-4,9-11H2,1-2H3. The molecule has 0 spiro atoms. The molecular weight excluding hydrogens is 230 g/mol. The van der Waals surface area contributed by atoms with Crippen LogP contribution in [0.4, 0.5) is 0 Å². The van der Waals surface area contributed by atoms with Crippen molar-refractivity contribution in [1.82, 2.24) is 5.32 Å². The maximum atomic E-state index is 11.1. The summed E-state index contributed by atoms with van der Waals surface area (Å²) in [6, 6.07) is 7.86. The lowest BCUT2D eigenvalue weighted by atomic mass is 10.2. The van der Waals surface area contributed by atoms with E-state index < -0.39 is 0 Å². The van der Waals surface area contributed by atoms with Gasteiger partial charge in [0.1, 0.15) is 5.75 Å². The van der Waals surface area contributed by atoms with Crippen LogP contribution in [0.25, 0.3) is 0 Å². The van der Waals surface area contributed by atoms with Gasteiger partial charge in [-0.25, -0.2) is 0 Å². The lowest BCUT2D eigenvalue weighted by Gasteiger charge is -2.07. The Balaban J connectivity index is 2.28. The van der Waals surface area contributed by atoms with Gasteiger partial charge >= 0.3 is 5.97 Å². The molecule has 1 N–H and O–H groups in total. The number of rotatable bonds is 8. The lowest BCUT2D eigenvalue weighted by Crippen LogP contribution is -2.24. The van der Waals surface area contributed by atoms with Gasteiger partial charge in [0.2, 0.25) is 0 Å². The highest BCUT2D eigenvalue weighted by atomic mass is 16.5. The lowest BCUT2D eigenvalue weighted by molar-refractivity contribution is -0.142. The second kappa shape index (κ2) is 8.53. The Bertz CT molecular complexity index is 349. The molecule has 0 atom stereocenters. The number of hydrogen-bond donors (Lipinski definition) is 1. The average molecular weight is 251 g/mol. The molecule has 0 bridgehead atoms. The minimum absolute atomic E-state index is 0.222. The first-order chi connectivity index (χ1) is 8.76. The van der Waals surface area contributed by atoms with E-state index in [1.807, 2.05) is 24.3 Å². The second-order valence-corrected chi connectivity index (χ2v) is 3.90. The fraction of sp³-hybridized carbons (Fsp3) is 0.500. The minimum Gasteiger partial charge on any atom is -0.494 e. The fourth-order valence-corrected chi connectivity index (χ4v) is 1.44. The Kier molecular flexibility index (Phi) is 6.87. The molecule has 1 rings (SSSR count). The molecular formula is C14H21NO3. The zero-order valence-electron chi connectivity index (χ0n) is 11.1. The average Bonchev–Trinajstić information content (AvgIpc) is 2.38. The highest BCUT2D eigenvalue weighted by molar-refractivity contribution is 5.71. The number of ether oxygens (including phenoxy) is 2. The third-order valence-electron chi connectivity index (χ3n) is 2.30. The van der Waals surface area contributed by atoms with Crippen LogP contribution in [-0.4, -0.2) is 25.7 Å². The molecule has 0 aliphatic heterocycles. The molecule has 0 aromatic heterocycles. The predicted molar refractivity (Wildman–Crippen MR) is 70.6 cm³/mol. The van der Waals surface area contributed by atoms with E-state index in [0.717, 1.165) is 24.3 Å². The van der Waals surface area contributed by atoms with Crippen LogP contribution in [0.3, 0.4) is 0 Å². The number of nitrogens with one attached hydrogen (secondary N) is 1. The Morgan fingerprint density at radius 1 is 1.22 bits per heavy atom. The summed E-state index contributed by atoms with van der Waals surface area (Å²) in [5.41, 5.74) is 1.11. The van der Waals surface area contributed by atoms with Crippen LogP contribution in [0.2, 0.25) is 0 Å². The van der Waals surface area contributed by atoms with E-state index >= 15 is 0 Å². The molecule has 4 heteroatoms. The third-order valence-corrected chi connectivity index (χ3v) is 2.30. The smallest absolute Gasteiger partial charge is 0.319 e. The monoisotopic (exact) mass is 251 g/mol. The Hall–Kier alpha value is -1.55. The molecule has 1 aromatic carbocycles. The highest BCUT2D eigenvalue weighted by Gasteiger charge is 2.00. The van der Waals surface area contributed by atoms with Crippen LogP contribution in [-0.2, 0) is 16.1 Å². The number of hydrogen-bond acceptors (Lipinski definition) is 4. The number of esters is 1. The van der Waals surface area contributed by atoms with Crippen LogP contribution < -0.4 is 10.1 Å². The molecule has 0 fully saturated rings. The van der Waals surface area contributed by atoms with Crippen molar-refractivity contribution in [3.8, 4) is 5.75 Å². The predicted octanol–water partition coefficient (Wildman–Crippen LogP) is 2.13. The molecule has 0 aliphatic rings. The van der Waals surface area contributed by atoms with Gasteiger partial charge in [-0.2, -0.15) is 0 Å². The minimum atomic E-state index is -0.222. The van der Waals surface area contributed by atoms with Crippen LogP contribution in [0.5, 0.6) is 5.75 Å². The molecule has 1 aromatic rings. The molecule has 0 heterocycles. The van der Waals surface area contributed by atoms with Crippen molar-refractivity contribution in [3.05, 3.63) is 29.8 Å². The first kappa shape index (κ1) is 14.5. The first-order valence-corrected chi connectivity index (χ1v) is 6.34. The third kappa shape index (κ3) is 5.68. The molecule has 18 heavy (non-hydrogen) atoms. The Labute approximate surface area is 108 Å². The highest BCUT2D eigenvalue weighted by Crippen LogP contribution is 2.12. The molecule has 0 radical (unpaired) electrons. The zero-order valence-corrected chi connectivity index (χ0v) is 11.1. The molecule has 4 nitrogen and oxygen atoms in total. The van der Waals surface area contributed by atoms with Crippen molar-refractivity contribution < 1.29 is 14.3 Å². The van der Waals surface area contributed by atoms with Crippen molar-refractivity contribution in [2.24, 2.45) is 0 Å². The van der Waals surface area contributed by atoms with E-state index in [1.54, 1.807) is 6.92 Å². The van der Waals surface area contributed by atoms with Gasteiger partial charge in [-0.1, -0.05) is 19.1 Å². The fourth-order valence-electron chi connectivity index (χ4n) is 1.44. The maximum Gasteiger partial charge on any atom is 0.319 e. The van der Waals surface area contributed by atoms with Gasteiger partial charge in [-0.15, -0.1) is 0 Å². The Morgan fingerprint density at radius 3 is 2.56 bits per heavy atom. The largest absolute Gasteiger partial charge is 0.494 e. The van der Waals surface area contributed by atoms with Crippen molar-refractivity contribution in [1.29, 1.82) is 0 Å². The summed E-state index contributed by atoms with van der Waals surface area (Å²) in [4.78, 5) is 11.1. The van der Waals surface area contributed by atoms with Crippen LogP contribution in [0, 0.1) is 0 Å². The van der Waals surface area contributed by atoms with Crippen molar-refractivity contribution in [2.75, 3.05) is 19.8 Å². The van der Waals surface area contributed by atoms with E-state index in [1.165, 1.54) is 0 Å². The topological polar surface area (TPSA) is 47.6 Å². The summed E-state index contributed by atoms with van der Waals surface area (Å²) in [6.45, 7) is 5.92. The summed E-state index contributed by atoms with van der Waals surface area (Å²) in [6.07, 6.45) is 1.00. The van der Waals surface area contributed by atoms with E-state index in [9.17, 15) is 4.79 Å². The Morgan fingerprint density at radius 2 is 1.94 bits per heavy atom. The van der Waals surface area contributed by atoms with Gasteiger partial charge in [-0.3, -0.25) is 4.79 Å². The van der Waals surface area contributed by atoms with Crippen LogP contribution in [0.15, 0.2) is 24.3 Å². The quantitative estimate of drug-likeness (QED) is 0.719. The van der Waals surface area contributed by atoms with Gasteiger partial charge in [0.15, 0.2) is 0 Å². The van der Waals surface area contributed by atoms with Gasteiger partial charge in [0, 0.05) is 6.54 Å². The van der Waals surface area contributed by atoms with Crippen molar-refractivity contribution in [3.63, 3.8) is 0 Å². The maximum absolute atomic E-state index is 11.1. The van der Waals surface area contributed by atoms with Gasteiger partial charge in [0.25, 0.3) is 0 Å². The first-order valence-electron chi connectivity index (χ1n) is 6.34. The van der Waals surface area contributed by atoms with Crippen molar-refractivity contribution >= 4 is 5.97 Å². The molecule has 0 saturated carbocycles. The summed E-state index contributed by atoms with van der Waals surface area (Å²) in [5.74, 6) is 0.659. The normalized spacial score (nSPS) is 10.1. The molecule has 0 aliphatic carbocycles. The molecule has 0 unspecified atom stereocenters. The van der Waals surface area contributed by atoms with Crippen LogP contribution >= 0.6 is 0 Å². The van der Waals surface area contributed by atoms with E-state index in [4.69, 9.17) is 9.47 Å². The van der Waals surface area contributed by atoms with Crippen molar-refractivity contribution in [2.45, 2.75) is 26.8 Å². The molecule has 0 saturated heterocycles. The number of benzene rings is 1. The van der Waals surface area contributed by atoms with E-state index in [-0.39, 0.29) is 12.5 Å². The summed E-state index contributed by atoms with van der Waals surface area (Å²) >= 11 is 0. The van der Waals surface area contributed by atoms with E-state index in [2.05, 4.69) is 12.2 Å². The summed E-state index contributed by atoms with van der Waals surface area (Å²) in [5, 5.41) is 3.03. The summed E-state index contributed by atoms with van der Waals surface area (Å²) < 4.78 is 10.3. The SMILES string of the molecule is CCCOc1ccc(CNCC(=O)OCC)cc1. The molecule has 100 valence electrons.